The molecule has 0 radical (unpaired) electrons. The van der Waals surface area contributed by atoms with Crippen molar-refractivity contribution in [3.8, 4) is 0 Å². The van der Waals surface area contributed by atoms with Crippen LogP contribution in [0.5, 0.6) is 0 Å². The van der Waals surface area contributed by atoms with Crippen molar-refractivity contribution in [2.75, 3.05) is 0 Å². The molecule has 5 rings (SSSR count). The summed E-state index contributed by atoms with van der Waals surface area (Å²) in [5, 5.41) is 4.44. The van der Waals surface area contributed by atoms with Crippen LogP contribution in [0.15, 0.2) is 85.1 Å². The second kappa shape index (κ2) is 8.71. The number of benzene rings is 3. The molecule has 5 heteroatoms. The summed E-state index contributed by atoms with van der Waals surface area (Å²) in [7, 11) is 2.05. The summed E-state index contributed by atoms with van der Waals surface area (Å²) in [5.41, 5.74) is 5.43. The molecule has 0 saturated carbocycles. The summed E-state index contributed by atoms with van der Waals surface area (Å²) in [6.45, 7) is 0. The Morgan fingerprint density at radius 3 is 2.59 bits per heavy atom. The third-order valence-electron chi connectivity index (χ3n) is 5.96. The molecule has 2 N–H and O–H groups in total. The number of fused-ring (bicyclic) bond motifs is 2. The summed E-state index contributed by atoms with van der Waals surface area (Å²) >= 11 is 0. The molecule has 2 heterocycles. The number of H-pyrrole nitrogens is 1. The Morgan fingerprint density at radius 1 is 1.00 bits per heavy atom. The number of amides is 1. The zero-order valence-electron chi connectivity index (χ0n) is 18.1. The highest BCUT2D eigenvalue weighted by Crippen LogP contribution is 2.23. The molecule has 0 aliphatic heterocycles. The Bertz CT molecular complexity index is 1330. The molecule has 5 nitrogen and oxygen atoms in total. The lowest BCUT2D eigenvalue weighted by atomic mass is 10.0. The van der Waals surface area contributed by atoms with E-state index >= 15 is 0 Å². The molecular weight excluding hydrogens is 396 g/mol. The molecule has 0 spiro atoms. The van der Waals surface area contributed by atoms with Crippen molar-refractivity contribution in [3.63, 3.8) is 0 Å². The van der Waals surface area contributed by atoms with E-state index < -0.39 is 0 Å². The van der Waals surface area contributed by atoms with E-state index in [1.807, 2.05) is 61.6 Å². The minimum atomic E-state index is -0.218. The van der Waals surface area contributed by atoms with Crippen molar-refractivity contribution in [1.29, 1.82) is 0 Å². The quantitative estimate of drug-likeness (QED) is 0.384. The van der Waals surface area contributed by atoms with Gasteiger partial charge in [-0.15, -0.1) is 0 Å². The van der Waals surface area contributed by atoms with E-state index in [1.165, 1.54) is 16.5 Å². The Kier molecular flexibility index (Phi) is 5.46. The number of nitrogens with one attached hydrogen (secondary N) is 2. The molecule has 1 amide bonds. The molecular formula is C27H26N4O. The van der Waals surface area contributed by atoms with Gasteiger partial charge in [0.15, 0.2) is 0 Å². The van der Waals surface area contributed by atoms with Gasteiger partial charge >= 0.3 is 0 Å². The normalized spacial score (nSPS) is 12.3. The van der Waals surface area contributed by atoms with Crippen molar-refractivity contribution in [1.82, 2.24) is 19.9 Å². The summed E-state index contributed by atoms with van der Waals surface area (Å²) < 4.78 is 2.12. The zero-order valence-corrected chi connectivity index (χ0v) is 18.1. The van der Waals surface area contributed by atoms with E-state index in [0.29, 0.717) is 19.3 Å². The van der Waals surface area contributed by atoms with Gasteiger partial charge in [-0.2, -0.15) is 0 Å². The number of carbonyl (C=O) groups is 1. The molecule has 160 valence electrons. The number of aryl methyl sites for hydroxylation is 2. The Morgan fingerprint density at radius 2 is 1.75 bits per heavy atom. The Balaban J connectivity index is 1.34. The summed E-state index contributed by atoms with van der Waals surface area (Å²) in [4.78, 5) is 21.1. The van der Waals surface area contributed by atoms with Gasteiger partial charge in [0.1, 0.15) is 5.82 Å². The van der Waals surface area contributed by atoms with E-state index in [0.717, 1.165) is 22.4 Å². The Hall–Kier alpha value is -3.86. The maximum absolute atomic E-state index is 13.0. The third kappa shape index (κ3) is 4.14. The lowest BCUT2D eigenvalue weighted by Crippen LogP contribution is -2.31. The van der Waals surface area contributed by atoms with Crippen molar-refractivity contribution < 1.29 is 4.79 Å². The number of hydrogen-bond donors (Lipinski definition) is 2. The van der Waals surface area contributed by atoms with Gasteiger partial charge in [-0.3, -0.25) is 4.79 Å². The van der Waals surface area contributed by atoms with Crippen LogP contribution in [0.3, 0.4) is 0 Å². The monoisotopic (exact) mass is 422 g/mol. The second-order valence-corrected chi connectivity index (χ2v) is 8.23. The summed E-state index contributed by atoms with van der Waals surface area (Å²) in [5.74, 6) is 0.813. The number of rotatable bonds is 7. The van der Waals surface area contributed by atoms with E-state index in [4.69, 9.17) is 4.98 Å². The molecule has 5 aromatic rings. The van der Waals surface area contributed by atoms with Gasteiger partial charge in [-0.1, -0.05) is 60.7 Å². The van der Waals surface area contributed by atoms with Gasteiger partial charge in [0.05, 0.1) is 17.1 Å². The highest BCUT2D eigenvalue weighted by Gasteiger charge is 2.19. The third-order valence-corrected chi connectivity index (χ3v) is 5.96. The fourth-order valence-corrected chi connectivity index (χ4v) is 4.34. The number of carbonyl (C=O) groups excluding carboxylic acids is 1. The fraction of sp³-hybridized carbons (Fsp3) is 0.185. The lowest BCUT2D eigenvalue weighted by Gasteiger charge is -2.17. The van der Waals surface area contributed by atoms with Crippen LogP contribution >= 0.6 is 0 Å². The minimum Gasteiger partial charge on any atom is -0.350 e. The summed E-state index contributed by atoms with van der Waals surface area (Å²) in [6, 6.07) is 26.3. The van der Waals surface area contributed by atoms with Crippen LogP contribution in [-0.2, 0) is 24.7 Å². The van der Waals surface area contributed by atoms with Crippen LogP contribution in [0.2, 0.25) is 0 Å². The van der Waals surface area contributed by atoms with Crippen molar-refractivity contribution >= 4 is 27.8 Å². The smallest absolute Gasteiger partial charge is 0.220 e. The minimum absolute atomic E-state index is 0.0271. The lowest BCUT2D eigenvalue weighted by molar-refractivity contribution is -0.121. The van der Waals surface area contributed by atoms with Gasteiger partial charge in [-0.05, 0) is 42.2 Å². The van der Waals surface area contributed by atoms with E-state index in [2.05, 4.69) is 45.3 Å². The van der Waals surface area contributed by atoms with Gasteiger partial charge in [-0.25, -0.2) is 4.98 Å². The number of nitrogens with zero attached hydrogens (tertiary/aromatic N) is 2. The maximum Gasteiger partial charge on any atom is 0.220 e. The highest BCUT2D eigenvalue weighted by molar-refractivity contribution is 5.85. The molecule has 0 bridgehead atoms. The predicted molar refractivity (Wildman–Crippen MR) is 128 cm³/mol. The first kappa shape index (κ1) is 20.1. The van der Waals surface area contributed by atoms with Crippen molar-refractivity contribution in [2.45, 2.75) is 25.3 Å². The summed E-state index contributed by atoms with van der Waals surface area (Å²) in [6.07, 6.45) is 3.93. The van der Waals surface area contributed by atoms with Crippen LogP contribution < -0.4 is 5.32 Å². The molecule has 1 atom stereocenters. The standard InChI is InChI=1S/C27H26N4O/c1-31-18-20(21-11-5-8-14-25(21)31)15-16-26(32)28-24(17-19-9-3-2-4-10-19)27-29-22-12-6-7-13-23(22)30-27/h2-14,18,24H,15-17H2,1H3,(H,28,32)(H,29,30)/t24-/m1/s1. The van der Waals surface area contributed by atoms with Gasteiger partial charge in [0.25, 0.3) is 0 Å². The van der Waals surface area contributed by atoms with Crippen molar-refractivity contribution in [3.05, 3.63) is 102 Å². The first-order valence-corrected chi connectivity index (χ1v) is 11.0. The average Bonchev–Trinajstić information content (AvgIpc) is 3.39. The molecule has 0 aliphatic carbocycles. The topological polar surface area (TPSA) is 62.7 Å². The van der Waals surface area contributed by atoms with Crippen LogP contribution in [0.1, 0.15) is 29.4 Å². The average molecular weight is 423 g/mol. The van der Waals surface area contributed by atoms with Crippen LogP contribution in [0, 0.1) is 0 Å². The van der Waals surface area contributed by atoms with Gasteiger partial charge in [0.2, 0.25) is 5.91 Å². The zero-order chi connectivity index (χ0) is 21.9. The number of para-hydroxylation sites is 3. The molecule has 0 saturated heterocycles. The second-order valence-electron chi connectivity index (χ2n) is 8.23. The van der Waals surface area contributed by atoms with Crippen molar-refractivity contribution in [2.24, 2.45) is 7.05 Å². The number of hydrogen-bond acceptors (Lipinski definition) is 2. The van der Waals surface area contributed by atoms with Crippen LogP contribution in [0.25, 0.3) is 21.9 Å². The highest BCUT2D eigenvalue weighted by atomic mass is 16.1. The largest absolute Gasteiger partial charge is 0.350 e. The molecule has 2 aromatic heterocycles. The Labute approximate surface area is 187 Å². The molecule has 3 aromatic carbocycles. The molecule has 0 fully saturated rings. The SMILES string of the molecule is Cn1cc(CCC(=O)N[C@H](Cc2ccccc2)c2nc3ccccc3[nH]2)c2ccccc21. The van der Waals surface area contributed by atoms with E-state index in [-0.39, 0.29) is 11.9 Å². The van der Waals surface area contributed by atoms with E-state index in [1.54, 1.807) is 0 Å². The fourth-order valence-electron chi connectivity index (χ4n) is 4.34. The van der Waals surface area contributed by atoms with Crippen LogP contribution in [0.4, 0.5) is 0 Å². The van der Waals surface area contributed by atoms with Gasteiger partial charge < -0.3 is 14.9 Å². The first-order chi connectivity index (χ1) is 15.7. The van der Waals surface area contributed by atoms with E-state index in [9.17, 15) is 4.79 Å². The first-order valence-electron chi connectivity index (χ1n) is 11.0. The number of imidazole rings is 1. The number of aromatic nitrogens is 3. The van der Waals surface area contributed by atoms with Crippen LogP contribution in [-0.4, -0.2) is 20.4 Å². The predicted octanol–water partition coefficient (Wildman–Crippen LogP) is 5.09. The molecule has 0 unspecified atom stereocenters. The maximum atomic E-state index is 13.0. The van der Waals surface area contributed by atoms with Gasteiger partial charge in [0, 0.05) is 30.6 Å². The molecule has 32 heavy (non-hydrogen) atoms. The molecule has 0 aliphatic rings. The number of aromatic amines is 1.